The first kappa shape index (κ1) is 17.6. The molecule has 0 saturated heterocycles. The molecule has 1 fully saturated rings. The van der Waals surface area contributed by atoms with Crippen molar-refractivity contribution < 1.29 is 27.8 Å². The van der Waals surface area contributed by atoms with Gasteiger partial charge in [-0.15, -0.1) is 0 Å². The molecule has 0 bridgehead atoms. The predicted octanol–water partition coefficient (Wildman–Crippen LogP) is 3.84. The summed E-state index contributed by atoms with van der Waals surface area (Å²) in [7, 11) is 0. The van der Waals surface area contributed by atoms with Gasteiger partial charge in [0.25, 0.3) is 0 Å². The van der Waals surface area contributed by atoms with Crippen LogP contribution in [-0.2, 0) is 15.7 Å². The zero-order valence-corrected chi connectivity index (χ0v) is 12.8. The van der Waals surface area contributed by atoms with E-state index in [1.54, 1.807) is 6.07 Å². The Kier molecular flexibility index (Phi) is 5.51. The van der Waals surface area contributed by atoms with E-state index in [-0.39, 0.29) is 24.3 Å². The van der Waals surface area contributed by atoms with Crippen LogP contribution in [0.4, 0.5) is 18.9 Å². The third-order valence-electron chi connectivity index (χ3n) is 4.03. The zero-order valence-electron chi connectivity index (χ0n) is 12.8. The van der Waals surface area contributed by atoms with Gasteiger partial charge in [-0.1, -0.05) is 6.07 Å². The van der Waals surface area contributed by atoms with Crippen LogP contribution in [0.15, 0.2) is 18.2 Å². The maximum atomic E-state index is 12.9. The van der Waals surface area contributed by atoms with E-state index >= 15 is 0 Å². The van der Waals surface area contributed by atoms with Crippen molar-refractivity contribution in [2.75, 3.05) is 11.9 Å². The fraction of sp³-hybridized carbons (Fsp3) is 0.562. The molecule has 2 N–H and O–H groups in total. The Morgan fingerprint density at radius 3 is 2.52 bits per heavy atom. The molecule has 0 aliphatic heterocycles. The van der Waals surface area contributed by atoms with Crippen molar-refractivity contribution in [3.05, 3.63) is 29.3 Å². The van der Waals surface area contributed by atoms with Gasteiger partial charge in [0.2, 0.25) is 0 Å². The third-order valence-corrected chi connectivity index (χ3v) is 4.03. The molecule has 1 aromatic rings. The van der Waals surface area contributed by atoms with Gasteiger partial charge in [0.15, 0.2) is 0 Å². The van der Waals surface area contributed by atoms with E-state index in [1.165, 1.54) is 13.0 Å². The number of carboxylic acids is 1. The molecular weight excluding hydrogens is 311 g/mol. The molecule has 1 aliphatic carbocycles. The van der Waals surface area contributed by atoms with Gasteiger partial charge in [-0.05, 0) is 50.3 Å². The number of aryl methyl sites for hydroxylation is 1. The number of benzene rings is 1. The summed E-state index contributed by atoms with van der Waals surface area (Å²) in [6.45, 7) is 1.13. The van der Waals surface area contributed by atoms with Crippen molar-refractivity contribution in [1.82, 2.24) is 0 Å². The average Bonchev–Trinajstić information content (AvgIpc) is 2.47. The summed E-state index contributed by atoms with van der Waals surface area (Å²) in [6.07, 6.45) is -1.58. The first-order valence-electron chi connectivity index (χ1n) is 7.53. The van der Waals surface area contributed by atoms with Gasteiger partial charge in [-0.2, -0.15) is 13.2 Å². The van der Waals surface area contributed by atoms with E-state index in [1.807, 2.05) is 0 Å². The summed E-state index contributed by atoms with van der Waals surface area (Å²) < 4.78 is 44.0. The van der Waals surface area contributed by atoms with Crippen molar-refractivity contribution in [3.8, 4) is 0 Å². The fourth-order valence-electron chi connectivity index (χ4n) is 2.82. The molecule has 1 saturated carbocycles. The summed E-state index contributed by atoms with van der Waals surface area (Å²) in [5.74, 6) is -0.996. The molecule has 4 nitrogen and oxygen atoms in total. The van der Waals surface area contributed by atoms with Crippen LogP contribution in [0.25, 0.3) is 0 Å². The van der Waals surface area contributed by atoms with Gasteiger partial charge < -0.3 is 15.2 Å². The lowest BCUT2D eigenvalue weighted by atomic mass is 9.92. The average molecular weight is 331 g/mol. The smallest absolute Gasteiger partial charge is 0.416 e. The van der Waals surface area contributed by atoms with E-state index in [9.17, 15) is 18.0 Å². The molecule has 23 heavy (non-hydrogen) atoms. The number of halogens is 3. The number of carboxylic acid groups (broad SMARTS) is 1. The summed E-state index contributed by atoms with van der Waals surface area (Å²) in [6, 6.07) is 4.33. The monoisotopic (exact) mass is 331 g/mol. The minimum absolute atomic E-state index is 0.0727. The maximum absolute atomic E-state index is 12.9. The van der Waals surface area contributed by atoms with Gasteiger partial charge in [-0.3, -0.25) is 0 Å². The van der Waals surface area contributed by atoms with Crippen LogP contribution < -0.4 is 5.32 Å². The maximum Gasteiger partial charge on any atom is 0.416 e. The van der Waals surface area contributed by atoms with Crippen LogP contribution in [0.2, 0.25) is 0 Å². The summed E-state index contributed by atoms with van der Waals surface area (Å²) in [5.41, 5.74) is 0.0348. The molecule has 0 heterocycles. The van der Waals surface area contributed by atoms with Gasteiger partial charge >= 0.3 is 12.1 Å². The van der Waals surface area contributed by atoms with Crippen molar-refractivity contribution in [2.24, 2.45) is 0 Å². The highest BCUT2D eigenvalue weighted by Gasteiger charge is 2.32. The Morgan fingerprint density at radius 2 is 1.96 bits per heavy atom. The predicted molar refractivity (Wildman–Crippen MR) is 79.4 cm³/mol. The summed E-state index contributed by atoms with van der Waals surface area (Å²) >= 11 is 0. The zero-order chi connectivity index (χ0) is 17.0. The molecule has 2 rings (SSSR count). The highest BCUT2D eigenvalue weighted by Crippen LogP contribution is 2.34. The highest BCUT2D eigenvalue weighted by atomic mass is 19.4. The number of anilines is 1. The van der Waals surface area contributed by atoms with E-state index < -0.39 is 17.7 Å². The van der Waals surface area contributed by atoms with Gasteiger partial charge in [0, 0.05) is 11.7 Å². The van der Waals surface area contributed by atoms with Crippen LogP contribution in [-0.4, -0.2) is 29.8 Å². The second-order valence-electron chi connectivity index (χ2n) is 5.85. The third kappa shape index (κ3) is 5.13. The van der Waals surface area contributed by atoms with Crippen molar-refractivity contribution in [1.29, 1.82) is 0 Å². The van der Waals surface area contributed by atoms with Crippen molar-refractivity contribution in [3.63, 3.8) is 0 Å². The molecule has 0 atom stereocenters. The van der Waals surface area contributed by atoms with E-state index in [2.05, 4.69) is 5.32 Å². The minimum Gasteiger partial charge on any atom is -0.480 e. The lowest BCUT2D eigenvalue weighted by Gasteiger charge is -2.29. The van der Waals surface area contributed by atoms with E-state index in [0.717, 1.165) is 18.9 Å². The first-order chi connectivity index (χ1) is 10.8. The first-order valence-corrected chi connectivity index (χ1v) is 7.53. The molecule has 0 amide bonds. The van der Waals surface area contributed by atoms with Crippen molar-refractivity contribution >= 4 is 11.7 Å². The molecular formula is C16H20F3NO3. The SMILES string of the molecule is Cc1ccc(N[C@H]2CC[C@H](OCC(=O)O)CC2)cc1C(F)(F)F. The Morgan fingerprint density at radius 1 is 1.30 bits per heavy atom. The van der Waals surface area contributed by atoms with Gasteiger partial charge in [0.05, 0.1) is 11.7 Å². The van der Waals surface area contributed by atoms with Crippen molar-refractivity contribution in [2.45, 2.75) is 50.9 Å². The molecule has 0 spiro atoms. The second kappa shape index (κ2) is 7.21. The van der Waals surface area contributed by atoms with Crippen LogP contribution in [0.5, 0.6) is 0 Å². The number of carbonyl (C=O) groups is 1. The quantitative estimate of drug-likeness (QED) is 0.861. The van der Waals surface area contributed by atoms with E-state index in [4.69, 9.17) is 9.84 Å². The molecule has 7 heteroatoms. The Bertz CT molecular complexity index is 552. The molecule has 0 radical (unpaired) electrons. The molecule has 1 aromatic carbocycles. The molecule has 0 unspecified atom stereocenters. The number of alkyl halides is 3. The largest absolute Gasteiger partial charge is 0.480 e. The summed E-state index contributed by atoms with van der Waals surface area (Å²) in [5, 5.41) is 11.7. The van der Waals surface area contributed by atoms with Crippen LogP contribution in [0.3, 0.4) is 0 Å². The topological polar surface area (TPSA) is 58.6 Å². The Labute approximate surface area is 132 Å². The van der Waals surface area contributed by atoms with Crippen LogP contribution >= 0.6 is 0 Å². The number of hydrogen-bond acceptors (Lipinski definition) is 3. The second-order valence-corrected chi connectivity index (χ2v) is 5.85. The number of ether oxygens (including phenoxy) is 1. The number of rotatable bonds is 5. The summed E-state index contributed by atoms with van der Waals surface area (Å²) in [4.78, 5) is 10.5. The van der Waals surface area contributed by atoms with E-state index in [0.29, 0.717) is 18.5 Å². The van der Waals surface area contributed by atoms with Gasteiger partial charge in [0.1, 0.15) is 6.61 Å². The van der Waals surface area contributed by atoms with Crippen LogP contribution in [0.1, 0.15) is 36.8 Å². The number of aliphatic carboxylic acids is 1. The molecule has 128 valence electrons. The highest BCUT2D eigenvalue weighted by molar-refractivity contribution is 5.68. The number of hydrogen-bond donors (Lipinski definition) is 2. The van der Waals surface area contributed by atoms with Gasteiger partial charge in [-0.25, -0.2) is 4.79 Å². The molecule has 0 aromatic heterocycles. The normalized spacial score (nSPS) is 21.9. The molecule has 1 aliphatic rings. The lowest BCUT2D eigenvalue weighted by molar-refractivity contribution is -0.145. The Balaban J connectivity index is 1.90. The minimum atomic E-state index is -4.36. The van der Waals surface area contributed by atoms with Crippen LogP contribution in [0, 0.1) is 6.92 Å². The number of nitrogens with one attached hydrogen (secondary N) is 1. The fourth-order valence-corrected chi connectivity index (χ4v) is 2.82. The Hall–Kier alpha value is -1.76. The lowest BCUT2D eigenvalue weighted by Crippen LogP contribution is -2.30. The standard InChI is InChI=1S/C16H20F3NO3/c1-10-2-3-12(8-14(10)16(17,18)19)20-11-4-6-13(7-5-11)23-9-15(21)22/h2-3,8,11,13,20H,4-7,9H2,1H3,(H,21,22)/t11-,13-.